The number of fused-ring (bicyclic) bond motifs is 1. The SMILES string of the molecule is CCC1CCc2c(sc(NC(=O)COc3cc(Cl)ccc3Cl)c2C#N)C1. The number of halogens is 2. The number of nitrogens with one attached hydrogen (secondary N) is 1. The summed E-state index contributed by atoms with van der Waals surface area (Å²) in [6, 6.07) is 7.07. The number of thiophene rings is 1. The maximum absolute atomic E-state index is 12.3. The van der Waals surface area contributed by atoms with Crippen LogP contribution < -0.4 is 10.1 Å². The van der Waals surface area contributed by atoms with E-state index in [9.17, 15) is 10.1 Å². The molecule has 1 N–H and O–H groups in total. The van der Waals surface area contributed by atoms with Gasteiger partial charge < -0.3 is 10.1 Å². The molecule has 26 heavy (non-hydrogen) atoms. The Labute approximate surface area is 166 Å². The van der Waals surface area contributed by atoms with Crippen LogP contribution in [0.3, 0.4) is 0 Å². The van der Waals surface area contributed by atoms with Crippen molar-refractivity contribution in [2.45, 2.75) is 32.6 Å². The lowest BCUT2D eigenvalue weighted by atomic mass is 9.86. The Morgan fingerprint density at radius 3 is 3.00 bits per heavy atom. The molecule has 1 atom stereocenters. The molecular formula is C19H18Cl2N2O2S. The van der Waals surface area contributed by atoms with Gasteiger partial charge in [-0.1, -0.05) is 36.5 Å². The highest BCUT2D eigenvalue weighted by molar-refractivity contribution is 7.16. The number of ether oxygens (including phenoxy) is 1. The number of benzene rings is 1. The van der Waals surface area contributed by atoms with Crippen LogP contribution in [0, 0.1) is 17.2 Å². The van der Waals surface area contributed by atoms with Crippen LogP contribution in [0.4, 0.5) is 5.00 Å². The quantitative estimate of drug-likeness (QED) is 0.714. The summed E-state index contributed by atoms with van der Waals surface area (Å²) in [6.07, 6.45) is 4.11. The molecule has 1 aromatic heterocycles. The first kappa shape index (κ1) is 19.0. The number of nitrogens with zero attached hydrogens (tertiary/aromatic N) is 1. The van der Waals surface area contributed by atoms with Gasteiger partial charge in [0.25, 0.3) is 5.91 Å². The normalized spacial score (nSPS) is 15.8. The lowest BCUT2D eigenvalue weighted by molar-refractivity contribution is -0.118. The predicted molar refractivity (Wildman–Crippen MR) is 105 cm³/mol. The molecule has 136 valence electrons. The van der Waals surface area contributed by atoms with Crippen LogP contribution in [-0.4, -0.2) is 12.5 Å². The van der Waals surface area contributed by atoms with Crippen LogP contribution in [0.25, 0.3) is 0 Å². The van der Waals surface area contributed by atoms with E-state index in [-0.39, 0.29) is 12.5 Å². The van der Waals surface area contributed by atoms with Crippen LogP contribution in [0.1, 0.15) is 35.8 Å². The van der Waals surface area contributed by atoms with Gasteiger partial charge in [-0.15, -0.1) is 11.3 Å². The van der Waals surface area contributed by atoms with Crippen molar-refractivity contribution in [1.82, 2.24) is 0 Å². The summed E-state index contributed by atoms with van der Waals surface area (Å²) in [5.41, 5.74) is 1.69. The summed E-state index contributed by atoms with van der Waals surface area (Å²) in [5.74, 6) is 0.679. The van der Waals surface area contributed by atoms with Crippen molar-refractivity contribution >= 4 is 45.4 Å². The average molecular weight is 409 g/mol. The molecule has 0 spiro atoms. The largest absolute Gasteiger partial charge is 0.482 e. The van der Waals surface area contributed by atoms with Crippen molar-refractivity contribution in [3.05, 3.63) is 44.2 Å². The molecule has 0 aliphatic heterocycles. The average Bonchev–Trinajstić information content (AvgIpc) is 2.98. The number of carbonyl (C=O) groups excluding carboxylic acids is 1. The Hall–Kier alpha value is -1.74. The third kappa shape index (κ3) is 4.15. The lowest BCUT2D eigenvalue weighted by Gasteiger charge is -2.20. The first-order chi connectivity index (χ1) is 12.5. The molecule has 1 aliphatic rings. The molecule has 3 rings (SSSR count). The van der Waals surface area contributed by atoms with Gasteiger partial charge in [-0.3, -0.25) is 4.79 Å². The summed E-state index contributed by atoms with van der Waals surface area (Å²) < 4.78 is 5.45. The van der Waals surface area contributed by atoms with Crippen molar-refractivity contribution in [2.75, 3.05) is 11.9 Å². The monoisotopic (exact) mass is 408 g/mol. The van der Waals surface area contributed by atoms with Crippen molar-refractivity contribution in [2.24, 2.45) is 5.92 Å². The molecule has 7 heteroatoms. The maximum Gasteiger partial charge on any atom is 0.262 e. The Morgan fingerprint density at radius 1 is 1.46 bits per heavy atom. The lowest BCUT2D eigenvalue weighted by Crippen LogP contribution is -2.20. The second kappa shape index (κ2) is 8.30. The van der Waals surface area contributed by atoms with E-state index < -0.39 is 0 Å². The van der Waals surface area contributed by atoms with E-state index in [0.29, 0.717) is 32.3 Å². The van der Waals surface area contributed by atoms with Crippen LogP contribution >= 0.6 is 34.5 Å². The zero-order chi connectivity index (χ0) is 18.7. The molecule has 1 amide bonds. The number of amides is 1. The van der Waals surface area contributed by atoms with E-state index in [1.165, 1.54) is 16.2 Å². The van der Waals surface area contributed by atoms with E-state index >= 15 is 0 Å². The fourth-order valence-corrected chi connectivity index (χ4v) is 4.77. The van der Waals surface area contributed by atoms with Crippen molar-refractivity contribution < 1.29 is 9.53 Å². The van der Waals surface area contributed by atoms with Crippen LogP contribution in [-0.2, 0) is 17.6 Å². The fourth-order valence-electron chi connectivity index (χ4n) is 3.10. The van der Waals surface area contributed by atoms with E-state index in [1.807, 2.05) is 0 Å². The third-order valence-corrected chi connectivity index (χ3v) is 6.28. The van der Waals surface area contributed by atoms with Gasteiger partial charge >= 0.3 is 0 Å². The highest BCUT2D eigenvalue weighted by Crippen LogP contribution is 2.40. The number of hydrogen-bond donors (Lipinski definition) is 1. The topological polar surface area (TPSA) is 62.1 Å². The van der Waals surface area contributed by atoms with E-state index in [0.717, 1.165) is 31.2 Å². The maximum atomic E-state index is 12.3. The number of carbonyl (C=O) groups is 1. The summed E-state index contributed by atoms with van der Waals surface area (Å²) in [6.45, 7) is 1.99. The fraction of sp³-hybridized carbons (Fsp3) is 0.368. The van der Waals surface area contributed by atoms with Gasteiger partial charge in [-0.05, 0) is 42.9 Å². The minimum Gasteiger partial charge on any atom is -0.482 e. The van der Waals surface area contributed by atoms with Crippen LogP contribution in [0.5, 0.6) is 5.75 Å². The predicted octanol–water partition coefficient (Wildman–Crippen LogP) is 5.46. The minimum absolute atomic E-state index is 0.203. The van der Waals surface area contributed by atoms with Crippen LogP contribution in [0.2, 0.25) is 10.0 Å². The van der Waals surface area contributed by atoms with Gasteiger partial charge in [0.15, 0.2) is 6.61 Å². The molecule has 0 saturated heterocycles. The Balaban J connectivity index is 1.69. The van der Waals surface area contributed by atoms with E-state index in [4.69, 9.17) is 27.9 Å². The Bertz CT molecular complexity index is 873. The number of anilines is 1. The van der Waals surface area contributed by atoms with Gasteiger partial charge in [-0.2, -0.15) is 5.26 Å². The third-order valence-electron chi connectivity index (χ3n) is 4.56. The molecule has 1 unspecified atom stereocenters. The van der Waals surface area contributed by atoms with Gasteiger partial charge in [0, 0.05) is 16.0 Å². The van der Waals surface area contributed by atoms with Gasteiger partial charge in [0.2, 0.25) is 0 Å². The molecule has 4 nitrogen and oxygen atoms in total. The summed E-state index contributed by atoms with van der Waals surface area (Å²) in [5, 5.41) is 13.8. The molecule has 1 aromatic carbocycles. The molecular weight excluding hydrogens is 391 g/mol. The van der Waals surface area contributed by atoms with Crippen LogP contribution in [0.15, 0.2) is 18.2 Å². The van der Waals surface area contributed by atoms with Gasteiger partial charge in [-0.25, -0.2) is 0 Å². The summed E-state index contributed by atoms with van der Waals surface area (Å²) >= 11 is 13.4. The van der Waals surface area contributed by atoms with Crippen molar-refractivity contribution in [3.63, 3.8) is 0 Å². The smallest absolute Gasteiger partial charge is 0.262 e. The molecule has 0 saturated carbocycles. The second-order valence-electron chi connectivity index (χ2n) is 6.25. The molecule has 0 fully saturated rings. The molecule has 1 aliphatic carbocycles. The van der Waals surface area contributed by atoms with Crippen molar-refractivity contribution in [3.8, 4) is 11.8 Å². The zero-order valence-corrected chi connectivity index (χ0v) is 16.6. The Kier molecular flexibility index (Phi) is 6.08. The standard InChI is InChI=1S/C19H18Cl2N2O2S/c1-2-11-3-5-13-14(9-22)19(26-17(13)7-11)23-18(24)10-25-16-8-12(20)4-6-15(16)21/h4,6,8,11H,2-3,5,7,10H2,1H3,(H,23,24). The first-order valence-corrected chi connectivity index (χ1v) is 10.0. The van der Waals surface area contributed by atoms with Gasteiger partial charge in [0.1, 0.15) is 16.8 Å². The second-order valence-corrected chi connectivity index (χ2v) is 8.20. The van der Waals surface area contributed by atoms with Gasteiger partial charge in [0.05, 0.1) is 10.6 Å². The number of hydrogen-bond acceptors (Lipinski definition) is 4. The van der Waals surface area contributed by atoms with E-state index in [2.05, 4.69) is 18.3 Å². The minimum atomic E-state index is -0.330. The zero-order valence-electron chi connectivity index (χ0n) is 14.3. The highest BCUT2D eigenvalue weighted by Gasteiger charge is 2.25. The molecule has 1 heterocycles. The first-order valence-electron chi connectivity index (χ1n) is 8.44. The molecule has 2 aromatic rings. The number of rotatable bonds is 5. The summed E-state index contributed by atoms with van der Waals surface area (Å²) in [4.78, 5) is 13.5. The highest BCUT2D eigenvalue weighted by atomic mass is 35.5. The molecule has 0 radical (unpaired) electrons. The Morgan fingerprint density at radius 2 is 2.27 bits per heavy atom. The van der Waals surface area contributed by atoms with Crippen molar-refractivity contribution in [1.29, 1.82) is 5.26 Å². The molecule has 0 bridgehead atoms. The number of nitriles is 1. The van der Waals surface area contributed by atoms with E-state index in [1.54, 1.807) is 18.2 Å². The summed E-state index contributed by atoms with van der Waals surface area (Å²) in [7, 11) is 0.